The van der Waals surface area contributed by atoms with E-state index < -0.39 is 28.1 Å². The Morgan fingerprint density at radius 2 is 1.89 bits per heavy atom. The normalized spacial score (nSPS) is 16.7. The highest BCUT2D eigenvalue weighted by atomic mass is 32.2. The zero-order chi connectivity index (χ0) is 19.6. The Morgan fingerprint density at radius 1 is 1.19 bits per heavy atom. The molecule has 0 N–H and O–H groups in total. The summed E-state index contributed by atoms with van der Waals surface area (Å²) in [7, 11) is -2.42. The number of nitrogens with zero attached hydrogens (tertiary/aromatic N) is 1. The Hall–Kier alpha value is -2.87. The molecule has 0 spiro atoms. The number of hydrogen-bond acceptors (Lipinski definition) is 6. The highest BCUT2D eigenvalue weighted by Gasteiger charge is 2.31. The third-order valence-electron chi connectivity index (χ3n) is 4.26. The molecule has 0 bridgehead atoms. The number of carbonyl (C=O) groups is 2. The molecule has 1 fully saturated rings. The molecule has 8 heteroatoms. The van der Waals surface area contributed by atoms with Crippen LogP contribution in [0.2, 0.25) is 0 Å². The summed E-state index contributed by atoms with van der Waals surface area (Å²) in [5.74, 6) is -1.36. The van der Waals surface area contributed by atoms with Crippen LogP contribution in [-0.2, 0) is 24.3 Å². The monoisotopic (exact) mass is 389 g/mol. The molecule has 7 nitrogen and oxygen atoms in total. The van der Waals surface area contributed by atoms with Crippen LogP contribution in [0.1, 0.15) is 22.3 Å². The Labute approximate surface area is 157 Å². The summed E-state index contributed by atoms with van der Waals surface area (Å²) in [6, 6.07) is 12.6. The first-order chi connectivity index (χ1) is 12.8. The van der Waals surface area contributed by atoms with Gasteiger partial charge in [-0.15, -0.1) is 0 Å². The van der Waals surface area contributed by atoms with Crippen molar-refractivity contribution in [3.63, 3.8) is 0 Å². The largest absolute Gasteiger partial charge is 0.463 e. The van der Waals surface area contributed by atoms with Crippen LogP contribution >= 0.6 is 0 Å². The van der Waals surface area contributed by atoms with Crippen LogP contribution in [0, 0.1) is 6.92 Å². The van der Waals surface area contributed by atoms with Gasteiger partial charge in [-0.2, -0.15) is 0 Å². The summed E-state index contributed by atoms with van der Waals surface area (Å²) in [6.07, 6.45) is -0.661. The third kappa shape index (κ3) is 3.95. The standard InChI is InChI=1S/C19H19NO6S/c1-13-6-8-15(9-7-13)20(2)27(23,24)16-5-3-4-14(12-16)18(21)26-17-10-11-25-19(17)22/h3-9,12,17H,10-11H2,1-2H3. The van der Waals surface area contributed by atoms with Crippen LogP contribution in [0.3, 0.4) is 0 Å². The SMILES string of the molecule is Cc1ccc(N(C)S(=O)(=O)c2cccc(C(=O)OC3CCOC3=O)c2)cc1. The molecular weight excluding hydrogens is 370 g/mol. The van der Waals surface area contributed by atoms with Crippen molar-refractivity contribution >= 4 is 27.6 Å². The maximum atomic E-state index is 12.9. The first-order valence-corrected chi connectivity index (χ1v) is 9.76. The number of rotatable bonds is 5. The minimum absolute atomic E-state index is 0.0472. The second kappa shape index (κ2) is 7.40. The first kappa shape index (κ1) is 18.9. The lowest BCUT2D eigenvalue weighted by Gasteiger charge is -2.20. The van der Waals surface area contributed by atoms with Crippen molar-refractivity contribution in [1.82, 2.24) is 0 Å². The lowest BCUT2D eigenvalue weighted by molar-refractivity contribution is -0.145. The Bertz CT molecular complexity index is 968. The number of esters is 2. The second-order valence-electron chi connectivity index (χ2n) is 6.19. The molecule has 27 heavy (non-hydrogen) atoms. The van der Waals surface area contributed by atoms with Crippen molar-refractivity contribution in [2.45, 2.75) is 24.3 Å². The summed E-state index contributed by atoms with van der Waals surface area (Å²) < 4.78 is 36.8. The van der Waals surface area contributed by atoms with Crippen LogP contribution in [-0.4, -0.2) is 40.1 Å². The topological polar surface area (TPSA) is 90.0 Å². The number of ether oxygens (including phenoxy) is 2. The van der Waals surface area contributed by atoms with E-state index >= 15 is 0 Å². The highest BCUT2D eigenvalue weighted by molar-refractivity contribution is 7.92. The van der Waals surface area contributed by atoms with Crippen molar-refractivity contribution in [3.05, 3.63) is 59.7 Å². The molecule has 0 aliphatic carbocycles. The van der Waals surface area contributed by atoms with E-state index in [1.54, 1.807) is 12.1 Å². The fourth-order valence-corrected chi connectivity index (χ4v) is 3.86. The zero-order valence-corrected chi connectivity index (χ0v) is 15.7. The first-order valence-electron chi connectivity index (χ1n) is 8.32. The smallest absolute Gasteiger partial charge is 0.347 e. The van der Waals surface area contributed by atoms with E-state index in [2.05, 4.69) is 0 Å². The maximum Gasteiger partial charge on any atom is 0.347 e. The summed E-state index contributed by atoms with van der Waals surface area (Å²) in [5, 5.41) is 0. The molecule has 0 amide bonds. The van der Waals surface area contributed by atoms with E-state index in [1.165, 1.54) is 31.3 Å². The summed E-state index contributed by atoms with van der Waals surface area (Å²) >= 11 is 0. The van der Waals surface area contributed by atoms with Crippen molar-refractivity contribution in [3.8, 4) is 0 Å². The van der Waals surface area contributed by atoms with E-state index in [0.717, 1.165) is 9.87 Å². The average molecular weight is 389 g/mol. The zero-order valence-electron chi connectivity index (χ0n) is 14.9. The van der Waals surface area contributed by atoms with Crippen molar-refractivity contribution in [2.24, 2.45) is 0 Å². The van der Waals surface area contributed by atoms with Crippen molar-refractivity contribution in [1.29, 1.82) is 0 Å². The van der Waals surface area contributed by atoms with Crippen LogP contribution in [0.5, 0.6) is 0 Å². The molecule has 2 aromatic carbocycles. The van der Waals surface area contributed by atoms with E-state index in [-0.39, 0.29) is 17.1 Å². The van der Waals surface area contributed by atoms with Crippen LogP contribution < -0.4 is 4.31 Å². The van der Waals surface area contributed by atoms with E-state index in [4.69, 9.17) is 9.47 Å². The molecule has 1 saturated heterocycles. The second-order valence-corrected chi connectivity index (χ2v) is 8.16. The predicted molar refractivity (Wildman–Crippen MR) is 98.0 cm³/mol. The van der Waals surface area contributed by atoms with Gasteiger partial charge >= 0.3 is 11.9 Å². The molecule has 142 valence electrons. The fourth-order valence-electron chi connectivity index (χ4n) is 2.62. The molecule has 1 aliphatic heterocycles. The molecule has 0 aromatic heterocycles. The van der Waals surface area contributed by atoms with E-state index in [9.17, 15) is 18.0 Å². The van der Waals surface area contributed by atoms with Gasteiger partial charge in [-0.05, 0) is 37.3 Å². The highest BCUT2D eigenvalue weighted by Crippen LogP contribution is 2.23. The summed E-state index contributed by atoms with van der Waals surface area (Å²) in [6.45, 7) is 2.11. The lowest BCUT2D eigenvalue weighted by atomic mass is 10.2. The third-order valence-corrected chi connectivity index (χ3v) is 6.04. The van der Waals surface area contributed by atoms with Gasteiger partial charge in [-0.3, -0.25) is 4.31 Å². The molecule has 0 radical (unpaired) electrons. The molecule has 1 unspecified atom stereocenters. The number of benzene rings is 2. The molecule has 1 heterocycles. The van der Waals surface area contributed by atoms with E-state index in [0.29, 0.717) is 12.1 Å². The number of cyclic esters (lactones) is 1. The fraction of sp³-hybridized carbons (Fsp3) is 0.263. The maximum absolute atomic E-state index is 12.9. The van der Waals surface area contributed by atoms with Gasteiger partial charge in [-0.25, -0.2) is 18.0 Å². The molecule has 0 saturated carbocycles. The van der Waals surface area contributed by atoms with Crippen molar-refractivity contribution in [2.75, 3.05) is 18.0 Å². The van der Waals surface area contributed by atoms with E-state index in [1.807, 2.05) is 19.1 Å². The number of hydrogen-bond donors (Lipinski definition) is 0. The Morgan fingerprint density at radius 3 is 2.52 bits per heavy atom. The Balaban J connectivity index is 1.84. The minimum atomic E-state index is -3.86. The number of sulfonamides is 1. The van der Waals surface area contributed by atoms with Gasteiger partial charge in [0.15, 0.2) is 0 Å². The molecular formula is C19H19NO6S. The quantitative estimate of drug-likeness (QED) is 0.729. The number of anilines is 1. The molecule has 2 aromatic rings. The van der Waals surface area contributed by atoms with Gasteiger partial charge in [0.05, 0.1) is 22.8 Å². The summed E-state index contributed by atoms with van der Waals surface area (Å²) in [4.78, 5) is 23.7. The van der Waals surface area contributed by atoms with Gasteiger partial charge in [0.25, 0.3) is 10.0 Å². The molecule has 3 rings (SSSR count). The van der Waals surface area contributed by atoms with Crippen LogP contribution in [0.25, 0.3) is 0 Å². The molecule has 1 atom stereocenters. The average Bonchev–Trinajstić information content (AvgIpc) is 3.06. The van der Waals surface area contributed by atoms with Gasteiger partial charge in [0.1, 0.15) is 0 Å². The van der Waals surface area contributed by atoms with Crippen LogP contribution in [0.15, 0.2) is 53.4 Å². The van der Waals surface area contributed by atoms with Gasteiger partial charge in [-0.1, -0.05) is 23.8 Å². The molecule has 1 aliphatic rings. The number of aryl methyl sites for hydroxylation is 1. The predicted octanol–water partition coefficient (Wildman–Crippen LogP) is 2.29. The number of carbonyl (C=O) groups excluding carboxylic acids is 2. The van der Waals surface area contributed by atoms with Gasteiger partial charge in [0, 0.05) is 13.5 Å². The minimum Gasteiger partial charge on any atom is -0.463 e. The van der Waals surface area contributed by atoms with Crippen LogP contribution in [0.4, 0.5) is 5.69 Å². The Kier molecular flexibility index (Phi) is 5.18. The lowest BCUT2D eigenvalue weighted by Crippen LogP contribution is -2.27. The summed E-state index contributed by atoms with van der Waals surface area (Å²) in [5.41, 5.74) is 1.56. The van der Waals surface area contributed by atoms with Crippen molar-refractivity contribution < 1.29 is 27.5 Å². The van der Waals surface area contributed by atoms with Gasteiger partial charge < -0.3 is 9.47 Å². The van der Waals surface area contributed by atoms with Gasteiger partial charge in [0.2, 0.25) is 6.10 Å².